The summed E-state index contributed by atoms with van der Waals surface area (Å²) in [4.78, 5) is 11.4. The van der Waals surface area contributed by atoms with E-state index in [0.717, 1.165) is 36.0 Å². The van der Waals surface area contributed by atoms with Crippen molar-refractivity contribution >= 4 is 16.9 Å². The number of nitrogens with two attached hydrogens (primary N) is 1. The minimum absolute atomic E-state index is 0.373. The molecule has 0 aliphatic heterocycles. The standard InChI is InChI=1S/C15H20N2O2/c1-3-9-17-10(2)11(7-8-16)12-5-4-6-13(14(12)17)15(18)19/h4-6H,3,7-9,16H2,1-2H3,(H,18,19). The lowest BCUT2D eigenvalue weighted by atomic mass is 10.1. The zero-order chi connectivity index (χ0) is 14.0. The van der Waals surface area contributed by atoms with Gasteiger partial charge in [0.05, 0.1) is 11.1 Å². The fourth-order valence-corrected chi connectivity index (χ4v) is 2.74. The van der Waals surface area contributed by atoms with Gasteiger partial charge in [-0.2, -0.15) is 0 Å². The van der Waals surface area contributed by atoms with E-state index in [9.17, 15) is 9.90 Å². The molecule has 102 valence electrons. The third-order valence-electron chi connectivity index (χ3n) is 3.54. The van der Waals surface area contributed by atoms with Gasteiger partial charge in [-0.1, -0.05) is 19.1 Å². The number of fused-ring (bicyclic) bond motifs is 1. The van der Waals surface area contributed by atoms with Crippen molar-refractivity contribution in [3.63, 3.8) is 0 Å². The molecule has 19 heavy (non-hydrogen) atoms. The zero-order valence-corrected chi connectivity index (χ0v) is 11.4. The van der Waals surface area contributed by atoms with Crippen molar-refractivity contribution < 1.29 is 9.90 Å². The first-order valence-electron chi connectivity index (χ1n) is 6.65. The summed E-state index contributed by atoms with van der Waals surface area (Å²) < 4.78 is 2.11. The van der Waals surface area contributed by atoms with Crippen LogP contribution in [0.2, 0.25) is 0 Å². The molecule has 1 heterocycles. The Morgan fingerprint density at radius 3 is 2.74 bits per heavy atom. The van der Waals surface area contributed by atoms with Crippen molar-refractivity contribution in [3.8, 4) is 0 Å². The molecule has 4 nitrogen and oxygen atoms in total. The number of carboxylic acids is 1. The molecule has 0 amide bonds. The van der Waals surface area contributed by atoms with E-state index in [1.54, 1.807) is 6.07 Å². The SMILES string of the molecule is CCCn1c(C)c(CCN)c2cccc(C(=O)O)c21. The van der Waals surface area contributed by atoms with E-state index in [1.165, 1.54) is 5.56 Å². The van der Waals surface area contributed by atoms with E-state index in [2.05, 4.69) is 11.5 Å². The number of para-hydroxylation sites is 1. The van der Waals surface area contributed by atoms with Crippen LogP contribution in [0.15, 0.2) is 18.2 Å². The number of aromatic carboxylic acids is 1. The Kier molecular flexibility index (Phi) is 3.90. The maximum absolute atomic E-state index is 11.4. The molecular formula is C15H20N2O2. The average Bonchev–Trinajstić information content (AvgIpc) is 2.65. The van der Waals surface area contributed by atoms with Crippen LogP contribution in [0, 0.1) is 6.92 Å². The predicted octanol–water partition coefficient (Wildman–Crippen LogP) is 2.56. The highest BCUT2D eigenvalue weighted by Gasteiger charge is 2.18. The smallest absolute Gasteiger partial charge is 0.337 e. The Morgan fingerprint density at radius 1 is 1.42 bits per heavy atom. The molecule has 2 rings (SSSR count). The maximum Gasteiger partial charge on any atom is 0.337 e. The molecule has 4 heteroatoms. The van der Waals surface area contributed by atoms with Gasteiger partial charge in [-0.25, -0.2) is 4.79 Å². The summed E-state index contributed by atoms with van der Waals surface area (Å²) in [6.07, 6.45) is 1.75. The number of rotatable bonds is 5. The van der Waals surface area contributed by atoms with Gasteiger partial charge in [-0.3, -0.25) is 0 Å². The van der Waals surface area contributed by atoms with Crippen molar-refractivity contribution in [1.82, 2.24) is 4.57 Å². The van der Waals surface area contributed by atoms with E-state index in [0.29, 0.717) is 12.1 Å². The lowest BCUT2D eigenvalue weighted by molar-refractivity contribution is 0.0698. The predicted molar refractivity (Wildman–Crippen MR) is 76.7 cm³/mol. The summed E-state index contributed by atoms with van der Waals surface area (Å²) in [5.41, 5.74) is 9.19. The molecule has 1 aromatic heterocycles. The number of aromatic nitrogens is 1. The molecule has 0 atom stereocenters. The van der Waals surface area contributed by atoms with Crippen LogP contribution in [0.25, 0.3) is 10.9 Å². The Labute approximate surface area is 112 Å². The highest BCUT2D eigenvalue weighted by Crippen LogP contribution is 2.29. The summed E-state index contributed by atoms with van der Waals surface area (Å²) in [5.74, 6) is -0.875. The van der Waals surface area contributed by atoms with Crippen LogP contribution in [0.5, 0.6) is 0 Å². The molecule has 0 fully saturated rings. The molecule has 0 spiro atoms. The third-order valence-corrected chi connectivity index (χ3v) is 3.54. The molecule has 0 saturated carbocycles. The van der Waals surface area contributed by atoms with Gasteiger partial charge in [0.25, 0.3) is 0 Å². The summed E-state index contributed by atoms with van der Waals surface area (Å²) in [7, 11) is 0. The van der Waals surface area contributed by atoms with Gasteiger partial charge in [0.15, 0.2) is 0 Å². The van der Waals surface area contributed by atoms with Crippen LogP contribution in [0.3, 0.4) is 0 Å². The van der Waals surface area contributed by atoms with Gasteiger partial charge in [-0.15, -0.1) is 0 Å². The largest absolute Gasteiger partial charge is 0.478 e. The van der Waals surface area contributed by atoms with E-state index < -0.39 is 5.97 Å². The number of aryl methyl sites for hydroxylation is 1. The molecular weight excluding hydrogens is 240 g/mol. The molecule has 1 aromatic carbocycles. The summed E-state index contributed by atoms with van der Waals surface area (Å²) in [6, 6.07) is 5.47. The minimum atomic E-state index is -0.875. The van der Waals surface area contributed by atoms with Crippen LogP contribution < -0.4 is 5.73 Å². The molecule has 0 aliphatic rings. The summed E-state index contributed by atoms with van der Waals surface area (Å²) in [5, 5.41) is 10.4. The number of hydrogen-bond donors (Lipinski definition) is 2. The first-order valence-corrected chi connectivity index (χ1v) is 6.65. The second-order valence-corrected chi connectivity index (χ2v) is 4.76. The van der Waals surface area contributed by atoms with Gasteiger partial charge in [0.2, 0.25) is 0 Å². The van der Waals surface area contributed by atoms with Gasteiger partial charge in [0, 0.05) is 17.6 Å². The number of benzene rings is 1. The second kappa shape index (κ2) is 5.45. The van der Waals surface area contributed by atoms with Gasteiger partial charge < -0.3 is 15.4 Å². The summed E-state index contributed by atoms with van der Waals surface area (Å²) >= 11 is 0. The van der Waals surface area contributed by atoms with Crippen molar-refractivity contribution in [2.75, 3.05) is 6.54 Å². The summed E-state index contributed by atoms with van der Waals surface area (Å²) in [6.45, 7) is 5.55. The lowest BCUT2D eigenvalue weighted by Crippen LogP contribution is -2.06. The van der Waals surface area contributed by atoms with Gasteiger partial charge in [-0.05, 0) is 37.9 Å². The van der Waals surface area contributed by atoms with Crippen molar-refractivity contribution in [3.05, 3.63) is 35.0 Å². The minimum Gasteiger partial charge on any atom is -0.478 e. The number of carboxylic acid groups (broad SMARTS) is 1. The molecule has 0 unspecified atom stereocenters. The number of nitrogens with zero attached hydrogens (tertiary/aromatic N) is 1. The van der Waals surface area contributed by atoms with E-state index in [1.807, 2.05) is 19.1 Å². The van der Waals surface area contributed by atoms with E-state index >= 15 is 0 Å². The molecule has 0 aliphatic carbocycles. The Hall–Kier alpha value is -1.81. The topological polar surface area (TPSA) is 68.2 Å². The number of carbonyl (C=O) groups is 1. The first kappa shape index (κ1) is 13.6. The highest BCUT2D eigenvalue weighted by molar-refractivity contribution is 6.03. The van der Waals surface area contributed by atoms with Crippen LogP contribution in [0.4, 0.5) is 0 Å². The Balaban J connectivity index is 2.81. The molecule has 0 radical (unpaired) electrons. The zero-order valence-electron chi connectivity index (χ0n) is 11.4. The van der Waals surface area contributed by atoms with Crippen molar-refractivity contribution in [1.29, 1.82) is 0 Å². The Morgan fingerprint density at radius 2 is 2.16 bits per heavy atom. The van der Waals surface area contributed by atoms with Crippen LogP contribution in [-0.2, 0) is 13.0 Å². The van der Waals surface area contributed by atoms with Crippen molar-refractivity contribution in [2.45, 2.75) is 33.2 Å². The fourth-order valence-electron chi connectivity index (χ4n) is 2.74. The molecule has 3 N–H and O–H groups in total. The van der Waals surface area contributed by atoms with E-state index in [-0.39, 0.29) is 0 Å². The Bertz CT molecular complexity index is 614. The van der Waals surface area contributed by atoms with Crippen LogP contribution >= 0.6 is 0 Å². The highest BCUT2D eigenvalue weighted by atomic mass is 16.4. The lowest BCUT2D eigenvalue weighted by Gasteiger charge is -2.08. The molecule has 2 aromatic rings. The average molecular weight is 260 g/mol. The fraction of sp³-hybridized carbons (Fsp3) is 0.400. The monoisotopic (exact) mass is 260 g/mol. The van der Waals surface area contributed by atoms with Crippen LogP contribution in [0.1, 0.15) is 35.0 Å². The van der Waals surface area contributed by atoms with Gasteiger partial charge in [0.1, 0.15) is 0 Å². The first-order chi connectivity index (χ1) is 9.11. The number of hydrogen-bond acceptors (Lipinski definition) is 2. The third kappa shape index (κ3) is 2.24. The second-order valence-electron chi connectivity index (χ2n) is 4.76. The molecule has 0 saturated heterocycles. The van der Waals surface area contributed by atoms with Crippen molar-refractivity contribution in [2.24, 2.45) is 5.73 Å². The van der Waals surface area contributed by atoms with Gasteiger partial charge >= 0.3 is 5.97 Å². The normalized spacial score (nSPS) is 11.1. The van der Waals surface area contributed by atoms with E-state index in [4.69, 9.17) is 5.73 Å². The maximum atomic E-state index is 11.4. The molecule has 0 bridgehead atoms. The quantitative estimate of drug-likeness (QED) is 0.868. The van der Waals surface area contributed by atoms with Crippen LogP contribution in [-0.4, -0.2) is 22.2 Å².